The summed E-state index contributed by atoms with van der Waals surface area (Å²) in [7, 11) is 1.91. The first-order valence-electron chi connectivity index (χ1n) is 8.30. The van der Waals surface area contributed by atoms with Crippen LogP contribution in [-0.4, -0.2) is 34.4 Å². The summed E-state index contributed by atoms with van der Waals surface area (Å²) in [5.74, 6) is 0.377. The first-order valence-corrected chi connectivity index (χ1v) is 9.11. The van der Waals surface area contributed by atoms with Crippen molar-refractivity contribution in [3.05, 3.63) is 53.3 Å². The van der Waals surface area contributed by atoms with Crippen molar-refractivity contribution in [1.82, 2.24) is 14.9 Å². The molecule has 0 radical (unpaired) electrons. The normalized spacial score (nSPS) is 11.4. The van der Waals surface area contributed by atoms with Crippen LogP contribution in [0.15, 0.2) is 42.6 Å². The first-order chi connectivity index (χ1) is 12.0. The number of benzene rings is 1. The topological polar surface area (TPSA) is 58.1 Å². The summed E-state index contributed by atoms with van der Waals surface area (Å²) in [5.41, 5.74) is 2.74. The van der Waals surface area contributed by atoms with Gasteiger partial charge in [0.1, 0.15) is 0 Å². The average Bonchev–Trinajstić information content (AvgIpc) is 2.99. The Balaban J connectivity index is 1.61. The van der Waals surface area contributed by atoms with E-state index >= 15 is 0 Å². The fourth-order valence-electron chi connectivity index (χ4n) is 2.54. The van der Waals surface area contributed by atoms with Gasteiger partial charge >= 0.3 is 0 Å². The molecule has 3 aromatic rings. The van der Waals surface area contributed by atoms with Crippen LogP contribution < -0.4 is 5.32 Å². The maximum Gasteiger partial charge on any atom is 0.238 e. The Morgan fingerprint density at radius 3 is 2.84 bits per heavy atom. The van der Waals surface area contributed by atoms with Gasteiger partial charge in [-0.05, 0) is 37.4 Å². The number of hydrogen-bond acceptors (Lipinski definition) is 5. The molecule has 1 aromatic carbocycles. The second-order valence-electron chi connectivity index (χ2n) is 6.43. The predicted octanol–water partition coefficient (Wildman–Crippen LogP) is 3.89. The highest BCUT2D eigenvalue weighted by molar-refractivity contribution is 7.18. The number of nitrogens with one attached hydrogen (secondary N) is 1. The quantitative estimate of drug-likeness (QED) is 0.730. The molecule has 0 aliphatic carbocycles. The summed E-state index contributed by atoms with van der Waals surface area (Å²) in [6.07, 6.45) is 1.76. The fraction of sp³-hybridized carbons (Fsp3) is 0.316. The lowest BCUT2D eigenvalue weighted by Gasteiger charge is -2.15. The number of nitrogens with zero attached hydrogens (tertiary/aromatic N) is 3. The zero-order valence-corrected chi connectivity index (χ0v) is 15.5. The lowest BCUT2D eigenvalue weighted by atomic mass is 10.2. The highest BCUT2D eigenvalue weighted by atomic mass is 32.1. The van der Waals surface area contributed by atoms with Crippen LogP contribution in [0.25, 0.3) is 10.2 Å². The second kappa shape index (κ2) is 7.72. The third-order valence-corrected chi connectivity index (χ3v) is 5.07. The van der Waals surface area contributed by atoms with E-state index in [9.17, 15) is 4.79 Å². The molecule has 0 aliphatic heterocycles. The van der Waals surface area contributed by atoms with Crippen molar-refractivity contribution in [3.63, 3.8) is 0 Å². The summed E-state index contributed by atoms with van der Waals surface area (Å²) in [5, 5.41) is 4.09. The Morgan fingerprint density at radius 2 is 2.12 bits per heavy atom. The third-order valence-electron chi connectivity index (χ3n) is 3.75. The Hall–Kier alpha value is -2.31. The van der Waals surface area contributed by atoms with E-state index in [2.05, 4.69) is 29.1 Å². The Morgan fingerprint density at radius 1 is 1.28 bits per heavy atom. The number of aromatic nitrogens is 2. The molecule has 0 atom stereocenters. The molecule has 1 amide bonds. The molecule has 0 fully saturated rings. The predicted molar refractivity (Wildman–Crippen MR) is 103 cm³/mol. The van der Waals surface area contributed by atoms with Crippen LogP contribution in [0.3, 0.4) is 0 Å². The zero-order valence-electron chi connectivity index (χ0n) is 14.7. The monoisotopic (exact) mass is 354 g/mol. The van der Waals surface area contributed by atoms with Gasteiger partial charge in [-0.2, -0.15) is 0 Å². The van der Waals surface area contributed by atoms with Crippen molar-refractivity contribution in [2.45, 2.75) is 26.3 Å². The lowest BCUT2D eigenvalue weighted by molar-refractivity contribution is -0.117. The van der Waals surface area contributed by atoms with Crippen LogP contribution in [0, 0.1) is 0 Å². The molecule has 0 unspecified atom stereocenters. The van der Waals surface area contributed by atoms with E-state index in [4.69, 9.17) is 0 Å². The number of thiazole rings is 1. The van der Waals surface area contributed by atoms with Gasteiger partial charge in [0.2, 0.25) is 5.91 Å². The molecule has 2 heterocycles. The Kier molecular flexibility index (Phi) is 5.40. The molecule has 130 valence electrons. The van der Waals surface area contributed by atoms with Crippen molar-refractivity contribution in [3.8, 4) is 0 Å². The number of likely N-dealkylation sites (N-methyl/N-ethyl adjacent to an activating group) is 1. The van der Waals surface area contributed by atoms with Gasteiger partial charge in [-0.15, -0.1) is 11.3 Å². The highest BCUT2D eigenvalue weighted by Crippen LogP contribution is 2.29. The van der Waals surface area contributed by atoms with Crippen LogP contribution in [0.2, 0.25) is 0 Å². The minimum atomic E-state index is -0.0358. The van der Waals surface area contributed by atoms with E-state index in [1.807, 2.05) is 48.3 Å². The average molecular weight is 354 g/mol. The van der Waals surface area contributed by atoms with E-state index in [1.54, 1.807) is 17.5 Å². The van der Waals surface area contributed by atoms with Gasteiger partial charge in [0.25, 0.3) is 0 Å². The summed E-state index contributed by atoms with van der Waals surface area (Å²) in [4.78, 5) is 23.1. The summed E-state index contributed by atoms with van der Waals surface area (Å²) in [6.45, 7) is 5.23. The van der Waals surface area contributed by atoms with E-state index in [1.165, 1.54) is 0 Å². The molecule has 0 saturated heterocycles. The number of rotatable bonds is 6. The largest absolute Gasteiger partial charge is 0.325 e. The molecule has 3 rings (SSSR count). The smallest absolute Gasteiger partial charge is 0.238 e. The standard InChI is InChI=1S/C19H22N4OS/c1-13(2)19-22-16-8-7-14(10-17(16)25-19)21-18(24)12-23(3)11-15-6-4-5-9-20-15/h4-10,13H,11-12H2,1-3H3,(H,21,24). The van der Waals surface area contributed by atoms with Gasteiger partial charge in [-0.3, -0.25) is 14.7 Å². The van der Waals surface area contributed by atoms with E-state index in [-0.39, 0.29) is 5.91 Å². The van der Waals surface area contributed by atoms with Crippen LogP contribution in [0.5, 0.6) is 0 Å². The molecule has 0 aliphatic rings. The van der Waals surface area contributed by atoms with Gasteiger partial charge in [0, 0.05) is 24.3 Å². The molecular formula is C19H22N4OS. The summed E-state index contributed by atoms with van der Waals surface area (Å²) < 4.78 is 1.10. The van der Waals surface area contributed by atoms with Gasteiger partial charge in [0.05, 0.1) is 27.5 Å². The fourth-order valence-corrected chi connectivity index (χ4v) is 3.55. The van der Waals surface area contributed by atoms with Crippen molar-refractivity contribution >= 4 is 33.1 Å². The number of amides is 1. The molecule has 0 spiro atoms. The lowest BCUT2D eigenvalue weighted by Crippen LogP contribution is -2.30. The number of anilines is 1. The van der Waals surface area contributed by atoms with Crippen LogP contribution >= 0.6 is 11.3 Å². The van der Waals surface area contributed by atoms with Crippen LogP contribution in [0.4, 0.5) is 5.69 Å². The summed E-state index contributed by atoms with van der Waals surface area (Å²) >= 11 is 1.68. The third kappa shape index (κ3) is 4.61. The number of carbonyl (C=O) groups excluding carboxylic acids is 1. The van der Waals surface area contributed by atoms with Crippen molar-refractivity contribution < 1.29 is 4.79 Å². The zero-order chi connectivity index (χ0) is 17.8. The van der Waals surface area contributed by atoms with Gasteiger partial charge in [-0.1, -0.05) is 19.9 Å². The maximum atomic E-state index is 12.3. The number of fused-ring (bicyclic) bond motifs is 1. The van der Waals surface area contributed by atoms with E-state index < -0.39 is 0 Å². The van der Waals surface area contributed by atoms with E-state index in [0.29, 0.717) is 19.0 Å². The van der Waals surface area contributed by atoms with Crippen molar-refractivity contribution in [2.24, 2.45) is 0 Å². The number of carbonyl (C=O) groups is 1. The van der Waals surface area contributed by atoms with E-state index in [0.717, 1.165) is 26.6 Å². The maximum absolute atomic E-state index is 12.3. The number of hydrogen-bond donors (Lipinski definition) is 1. The molecule has 6 heteroatoms. The van der Waals surface area contributed by atoms with Gasteiger partial charge in [0.15, 0.2) is 0 Å². The van der Waals surface area contributed by atoms with Crippen molar-refractivity contribution in [1.29, 1.82) is 0 Å². The molecule has 2 aromatic heterocycles. The van der Waals surface area contributed by atoms with Crippen LogP contribution in [-0.2, 0) is 11.3 Å². The second-order valence-corrected chi connectivity index (χ2v) is 7.49. The Bertz CT molecular complexity index is 860. The van der Waals surface area contributed by atoms with Crippen molar-refractivity contribution in [2.75, 3.05) is 18.9 Å². The minimum Gasteiger partial charge on any atom is -0.325 e. The van der Waals surface area contributed by atoms with Gasteiger partial charge < -0.3 is 5.32 Å². The minimum absolute atomic E-state index is 0.0358. The molecule has 25 heavy (non-hydrogen) atoms. The molecule has 0 saturated carbocycles. The molecule has 0 bridgehead atoms. The highest BCUT2D eigenvalue weighted by Gasteiger charge is 2.11. The van der Waals surface area contributed by atoms with Crippen LogP contribution in [0.1, 0.15) is 30.5 Å². The molecule has 5 nitrogen and oxygen atoms in total. The molecule has 1 N–H and O–H groups in total. The number of pyridine rings is 1. The molecular weight excluding hydrogens is 332 g/mol. The SMILES string of the molecule is CC(C)c1nc2ccc(NC(=O)CN(C)Cc3ccccn3)cc2s1. The first kappa shape index (κ1) is 17.5. The summed E-state index contributed by atoms with van der Waals surface area (Å²) in [6, 6.07) is 11.7. The van der Waals surface area contributed by atoms with Gasteiger partial charge in [-0.25, -0.2) is 4.98 Å². The Labute approximate surface area is 151 Å².